The lowest BCUT2D eigenvalue weighted by Gasteiger charge is -2.41. The second kappa shape index (κ2) is 9.09. The number of nitrogens with one attached hydrogen (secondary N) is 1. The number of hydrogen-bond donors (Lipinski definition) is 2. The van der Waals surface area contributed by atoms with E-state index in [0.29, 0.717) is 6.10 Å². The number of carbonyl (C=O) groups is 1. The summed E-state index contributed by atoms with van der Waals surface area (Å²) >= 11 is 0. The van der Waals surface area contributed by atoms with Gasteiger partial charge in [-0.05, 0) is 31.2 Å². The number of carboxylic acids is 1. The van der Waals surface area contributed by atoms with Crippen molar-refractivity contribution >= 4 is 5.97 Å². The second-order valence-corrected chi connectivity index (χ2v) is 7.42. The number of fused-ring (bicyclic) bond motifs is 1. The SMILES string of the molecule is O=C(O)C(F)(F)F.c1cc2c(nc1OC1CCN(C3CCC3)CC1)CCNC2. The molecule has 3 heterocycles. The van der Waals surface area contributed by atoms with Crippen LogP contribution in [0.3, 0.4) is 0 Å². The van der Waals surface area contributed by atoms with Gasteiger partial charge in [-0.15, -0.1) is 0 Å². The van der Waals surface area contributed by atoms with E-state index in [1.54, 1.807) is 0 Å². The quantitative estimate of drug-likeness (QED) is 0.811. The van der Waals surface area contributed by atoms with Crippen molar-refractivity contribution in [1.82, 2.24) is 15.2 Å². The smallest absolute Gasteiger partial charge is 0.475 e. The zero-order chi connectivity index (χ0) is 20.1. The molecule has 0 spiro atoms. The van der Waals surface area contributed by atoms with Crippen LogP contribution in [0.2, 0.25) is 0 Å². The second-order valence-electron chi connectivity index (χ2n) is 7.42. The van der Waals surface area contributed by atoms with Gasteiger partial charge in [0, 0.05) is 44.7 Å². The maximum atomic E-state index is 10.6. The van der Waals surface area contributed by atoms with Crippen molar-refractivity contribution in [3.05, 3.63) is 23.4 Å². The van der Waals surface area contributed by atoms with Gasteiger partial charge in [-0.2, -0.15) is 13.2 Å². The fourth-order valence-electron chi connectivity index (χ4n) is 3.66. The molecule has 0 amide bonds. The van der Waals surface area contributed by atoms with Gasteiger partial charge in [-0.1, -0.05) is 12.5 Å². The first-order valence-electron chi connectivity index (χ1n) is 9.73. The third kappa shape index (κ3) is 5.57. The van der Waals surface area contributed by atoms with Gasteiger partial charge in [0.05, 0.1) is 5.69 Å². The fourth-order valence-corrected chi connectivity index (χ4v) is 3.66. The molecule has 156 valence electrons. The van der Waals surface area contributed by atoms with Crippen LogP contribution in [0.25, 0.3) is 0 Å². The van der Waals surface area contributed by atoms with Crippen LogP contribution in [0.4, 0.5) is 13.2 Å². The first-order chi connectivity index (χ1) is 13.3. The molecule has 0 bridgehead atoms. The van der Waals surface area contributed by atoms with Crippen LogP contribution in [0, 0.1) is 0 Å². The minimum Gasteiger partial charge on any atom is -0.475 e. The van der Waals surface area contributed by atoms with Crippen LogP contribution in [-0.2, 0) is 17.8 Å². The molecule has 1 aromatic rings. The Balaban J connectivity index is 0.000000279. The van der Waals surface area contributed by atoms with Gasteiger partial charge in [0.2, 0.25) is 5.88 Å². The topological polar surface area (TPSA) is 74.7 Å². The van der Waals surface area contributed by atoms with Gasteiger partial charge in [-0.25, -0.2) is 9.78 Å². The highest BCUT2D eigenvalue weighted by molar-refractivity contribution is 5.73. The highest BCUT2D eigenvalue weighted by Crippen LogP contribution is 2.28. The van der Waals surface area contributed by atoms with Gasteiger partial charge in [0.15, 0.2) is 0 Å². The molecule has 0 aromatic carbocycles. The lowest BCUT2D eigenvalue weighted by atomic mass is 9.90. The van der Waals surface area contributed by atoms with Crippen molar-refractivity contribution < 1.29 is 27.8 Å². The summed E-state index contributed by atoms with van der Waals surface area (Å²) in [6.45, 7) is 4.38. The zero-order valence-electron chi connectivity index (χ0n) is 15.7. The van der Waals surface area contributed by atoms with E-state index in [2.05, 4.69) is 16.3 Å². The maximum Gasteiger partial charge on any atom is 0.490 e. The van der Waals surface area contributed by atoms with Crippen LogP contribution in [0.5, 0.6) is 5.88 Å². The standard InChI is InChI=1S/C17H25N3O.C2HF3O2/c1-2-14(3-1)20-10-7-15(8-11-20)21-17-5-4-13-12-18-9-6-16(13)19-17;3-2(4,5)1(6)7/h4-5,14-15,18H,1-3,6-12H2;(H,6,7). The van der Waals surface area contributed by atoms with Crippen molar-refractivity contribution in [2.75, 3.05) is 19.6 Å². The summed E-state index contributed by atoms with van der Waals surface area (Å²) in [6.07, 6.45) is 2.83. The van der Waals surface area contributed by atoms with E-state index in [4.69, 9.17) is 19.6 Å². The number of alkyl halides is 3. The minimum atomic E-state index is -5.08. The molecular formula is C19H26F3N3O3. The number of likely N-dealkylation sites (tertiary alicyclic amines) is 1. The third-order valence-corrected chi connectivity index (χ3v) is 5.49. The van der Waals surface area contributed by atoms with E-state index in [9.17, 15) is 13.2 Å². The number of piperidine rings is 1. The van der Waals surface area contributed by atoms with E-state index in [-0.39, 0.29) is 0 Å². The predicted octanol–water partition coefficient (Wildman–Crippen LogP) is 2.76. The van der Waals surface area contributed by atoms with Crippen LogP contribution < -0.4 is 10.1 Å². The van der Waals surface area contributed by atoms with Crippen molar-refractivity contribution in [3.8, 4) is 5.88 Å². The molecule has 3 aliphatic rings. The highest BCUT2D eigenvalue weighted by atomic mass is 19.4. The average Bonchev–Trinajstić information content (AvgIpc) is 2.61. The highest BCUT2D eigenvalue weighted by Gasteiger charge is 2.38. The molecule has 2 fully saturated rings. The zero-order valence-corrected chi connectivity index (χ0v) is 15.7. The van der Waals surface area contributed by atoms with Gasteiger partial charge in [0.25, 0.3) is 0 Å². The van der Waals surface area contributed by atoms with E-state index < -0.39 is 12.1 Å². The first-order valence-corrected chi connectivity index (χ1v) is 9.73. The third-order valence-electron chi connectivity index (χ3n) is 5.49. The summed E-state index contributed by atoms with van der Waals surface area (Å²) in [5.41, 5.74) is 2.55. The van der Waals surface area contributed by atoms with Gasteiger partial charge in [-0.3, -0.25) is 0 Å². The Morgan fingerprint density at radius 1 is 1.21 bits per heavy atom. The van der Waals surface area contributed by atoms with Crippen molar-refractivity contribution in [3.63, 3.8) is 0 Å². The largest absolute Gasteiger partial charge is 0.490 e. The molecule has 28 heavy (non-hydrogen) atoms. The number of nitrogens with zero attached hydrogens (tertiary/aromatic N) is 2. The summed E-state index contributed by atoms with van der Waals surface area (Å²) in [5.74, 6) is -1.93. The van der Waals surface area contributed by atoms with Crippen molar-refractivity contribution in [2.24, 2.45) is 0 Å². The molecular weight excluding hydrogens is 375 g/mol. The van der Waals surface area contributed by atoms with Gasteiger partial charge < -0.3 is 20.1 Å². The summed E-state index contributed by atoms with van der Waals surface area (Å²) < 4.78 is 37.9. The number of ether oxygens (including phenoxy) is 1. The molecule has 1 aliphatic carbocycles. The van der Waals surface area contributed by atoms with E-state index in [1.165, 1.54) is 43.6 Å². The number of hydrogen-bond acceptors (Lipinski definition) is 5. The molecule has 2 N–H and O–H groups in total. The number of carboxylic acid groups (broad SMARTS) is 1. The van der Waals surface area contributed by atoms with Crippen LogP contribution in [0.1, 0.15) is 43.4 Å². The molecule has 4 rings (SSSR count). The molecule has 0 unspecified atom stereocenters. The normalized spacial score (nSPS) is 21.1. The Kier molecular flexibility index (Phi) is 6.77. The molecule has 6 nitrogen and oxygen atoms in total. The van der Waals surface area contributed by atoms with E-state index >= 15 is 0 Å². The summed E-state index contributed by atoms with van der Waals surface area (Å²) in [5, 5.41) is 10.5. The lowest BCUT2D eigenvalue weighted by Crippen LogP contribution is -2.46. The number of pyridine rings is 1. The summed E-state index contributed by atoms with van der Waals surface area (Å²) in [4.78, 5) is 16.3. The molecule has 1 aromatic heterocycles. The molecule has 0 atom stereocenters. The van der Waals surface area contributed by atoms with Gasteiger partial charge >= 0.3 is 12.1 Å². The van der Waals surface area contributed by atoms with Crippen LogP contribution in [-0.4, -0.2) is 58.9 Å². The minimum absolute atomic E-state index is 0.355. The number of halogens is 3. The molecule has 2 aliphatic heterocycles. The number of aliphatic carboxylic acids is 1. The Bertz CT molecular complexity index is 672. The Hall–Kier alpha value is -1.87. The Morgan fingerprint density at radius 3 is 2.46 bits per heavy atom. The molecule has 0 radical (unpaired) electrons. The van der Waals surface area contributed by atoms with E-state index in [0.717, 1.165) is 44.3 Å². The fraction of sp³-hybridized carbons (Fsp3) is 0.684. The van der Waals surface area contributed by atoms with E-state index in [1.807, 2.05) is 6.07 Å². The summed E-state index contributed by atoms with van der Waals surface area (Å²) in [6, 6.07) is 5.09. The van der Waals surface area contributed by atoms with Crippen molar-refractivity contribution in [2.45, 2.75) is 63.4 Å². The monoisotopic (exact) mass is 401 g/mol. The van der Waals surface area contributed by atoms with Crippen LogP contribution in [0.15, 0.2) is 12.1 Å². The van der Waals surface area contributed by atoms with Crippen LogP contribution >= 0.6 is 0 Å². The number of rotatable bonds is 3. The molecule has 1 saturated heterocycles. The Morgan fingerprint density at radius 2 is 1.89 bits per heavy atom. The van der Waals surface area contributed by atoms with Crippen molar-refractivity contribution in [1.29, 1.82) is 0 Å². The number of aromatic nitrogens is 1. The Labute approximate surface area is 162 Å². The average molecular weight is 401 g/mol. The van der Waals surface area contributed by atoms with Gasteiger partial charge in [0.1, 0.15) is 6.10 Å². The summed E-state index contributed by atoms with van der Waals surface area (Å²) in [7, 11) is 0. The molecule has 9 heteroatoms. The molecule has 1 saturated carbocycles. The maximum absolute atomic E-state index is 10.6. The first kappa shape index (κ1) is 20.9. The predicted molar refractivity (Wildman–Crippen MR) is 96.2 cm³/mol. The lowest BCUT2D eigenvalue weighted by molar-refractivity contribution is -0.192.